The third kappa shape index (κ3) is 6.40. The fourth-order valence-electron chi connectivity index (χ4n) is 6.21. The van der Waals surface area contributed by atoms with Gasteiger partial charge in [0.25, 0.3) is 0 Å². The Bertz CT molecular complexity index is 1340. The van der Waals surface area contributed by atoms with Crippen LogP contribution in [-0.4, -0.2) is 30.6 Å². The molecule has 1 saturated heterocycles. The van der Waals surface area contributed by atoms with Gasteiger partial charge in [0.05, 0.1) is 18.9 Å². The lowest BCUT2D eigenvalue weighted by atomic mass is 9.74. The van der Waals surface area contributed by atoms with Crippen LogP contribution in [0.5, 0.6) is 5.75 Å². The van der Waals surface area contributed by atoms with Gasteiger partial charge in [-0.15, -0.1) is 17.3 Å². The van der Waals surface area contributed by atoms with Crippen molar-refractivity contribution in [3.8, 4) is 17.6 Å². The average molecular weight is 542 g/mol. The third-order valence-electron chi connectivity index (χ3n) is 8.37. The minimum atomic E-state index is -0.220. The molecule has 1 spiro atoms. The highest BCUT2D eigenvalue weighted by Crippen LogP contribution is 2.46. The number of likely N-dealkylation sites (tertiary alicyclic amines) is 1. The number of aryl methyl sites for hydroxylation is 2. The first-order chi connectivity index (χ1) is 19.0. The number of benzene rings is 2. The van der Waals surface area contributed by atoms with E-state index in [4.69, 9.17) is 9.47 Å². The summed E-state index contributed by atoms with van der Waals surface area (Å²) < 4.78 is 11.2. The average Bonchev–Trinajstić information content (AvgIpc) is 3.49. The van der Waals surface area contributed by atoms with Gasteiger partial charge in [0.2, 0.25) is 0 Å². The molecule has 39 heavy (non-hydrogen) atoms. The van der Waals surface area contributed by atoms with Crippen LogP contribution in [0.25, 0.3) is 0 Å². The van der Waals surface area contributed by atoms with Crippen molar-refractivity contribution in [2.24, 2.45) is 0 Å². The Balaban J connectivity index is 1.14. The standard InChI is InChI=1S/C34H39NO3S/c1-4-8-28(22-33(36)37-5-2)26-11-13-29(14-12-26)38-24-30-21-25(3)32(39-30)23-35-19-17-34(18-20-35)16-15-27-9-6-7-10-31(27)34/h6-7,9-14,21,28H,5,15-20,22-24H2,1-3H3/t28-/m0/s1. The van der Waals surface area contributed by atoms with Crippen LogP contribution in [0.15, 0.2) is 54.6 Å². The van der Waals surface area contributed by atoms with Crippen LogP contribution < -0.4 is 4.74 Å². The molecule has 204 valence electrons. The summed E-state index contributed by atoms with van der Waals surface area (Å²) in [5.74, 6) is 6.50. The van der Waals surface area contributed by atoms with Crippen LogP contribution in [0.4, 0.5) is 0 Å². The molecule has 2 heterocycles. The normalized spacial score (nSPS) is 16.8. The van der Waals surface area contributed by atoms with Crippen LogP contribution >= 0.6 is 11.3 Å². The van der Waals surface area contributed by atoms with Crippen molar-refractivity contribution in [2.75, 3.05) is 19.7 Å². The first-order valence-corrected chi connectivity index (χ1v) is 15.0. The molecule has 1 aliphatic heterocycles. The Morgan fingerprint density at radius 3 is 2.62 bits per heavy atom. The summed E-state index contributed by atoms with van der Waals surface area (Å²) in [4.78, 5) is 17.3. The Morgan fingerprint density at radius 2 is 1.87 bits per heavy atom. The predicted octanol–water partition coefficient (Wildman–Crippen LogP) is 7.18. The highest BCUT2D eigenvalue weighted by Gasteiger charge is 2.40. The van der Waals surface area contributed by atoms with Crippen LogP contribution in [-0.2, 0) is 34.5 Å². The summed E-state index contributed by atoms with van der Waals surface area (Å²) in [6, 6.07) is 19.3. The largest absolute Gasteiger partial charge is 0.488 e. The molecular formula is C34H39NO3S. The number of carbonyl (C=O) groups is 1. The monoisotopic (exact) mass is 541 g/mol. The lowest BCUT2D eigenvalue weighted by Crippen LogP contribution is -2.41. The van der Waals surface area contributed by atoms with E-state index in [9.17, 15) is 4.79 Å². The van der Waals surface area contributed by atoms with Crippen LogP contribution in [0.3, 0.4) is 0 Å². The zero-order valence-corrected chi connectivity index (χ0v) is 24.2. The number of carbonyl (C=O) groups excluding carboxylic acids is 1. The quantitative estimate of drug-likeness (QED) is 0.213. The van der Waals surface area contributed by atoms with Crippen molar-refractivity contribution >= 4 is 17.3 Å². The van der Waals surface area contributed by atoms with E-state index in [1.165, 1.54) is 54.1 Å². The van der Waals surface area contributed by atoms with Gasteiger partial charge in [0.15, 0.2) is 0 Å². The number of hydrogen-bond acceptors (Lipinski definition) is 5. The SMILES string of the molecule is CC#C[C@@H](CC(=O)OCC)c1ccc(OCc2cc(C)c(CN3CCC4(CCc5ccccc54)CC3)s2)cc1. The molecule has 1 aliphatic carbocycles. The lowest BCUT2D eigenvalue weighted by Gasteiger charge is -2.40. The molecule has 1 fully saturated rings. The number of rotatable bonds is 9. The molecule has 1 aromatic heterocycles. The molecular weight excluding hydrogens is 502 g/mol. The molecule has 5 rings (SSSR count). The fraction of sp³-hybridized carbons (Fsp3) is 0.441. The van der Waals surface area contributed by atoms with Gasteiger partial charge in [-0.2, -0.15) is 0 Å². The number of esters is 1. The van der Waals surface area contributed by atoms with E-state index in [2.05, 4.69) is 54.0 Å². The number of piperidine rings is 1. The summed E-state index contributed by atoms with van der Waals surface area (Å²) in [6.07, 6.45) is 5.36. The zero-order valence-electron chi connectivity index (χ0n) is 23.4. The Kier molecular flexibility index (Phi) is 8.75. The Hall–Kier alpha value is -3.07. The van der Waals surface area contributed by atoms with Crippen molar-refractivity contribution < 1.29 is 14.3 Å². The topological polar surface area (TPSA) is 38.8 Å². The van der Waals surface area contributed by atoms with E-state index >= 15 is 0 Å². The Labute approximate surface area is 237 Å². The molecule has 5 heteroatoms. The third-order valence-corrected chi connectivity index (χ3v) is 9.57. The van der Waals surface area contributed by atoms with E-state index in [1.54, 1.807) is 18.1 Å². The second-order valence-electron chi connectivity index (χ2n) is 10.8. The van der Waals surface area contributed by atoms with Crippen molar-refractivity contribution in [1.29, 1.82) is 0 Å². The van der Waals surface area contributed by atoms with Gasteiger partial charge in [0, 0.05) is 16.3 Å². The molecule has 2 aromatic carbocycles. The van der Waals surface area contributed by atoms with Gasteiger partial charge in [-0.3, -0.25) is 9.69 Å². The lowest BCUT2D eigenvalue weighted by molar-refractivity contribution is -0.143. The molecule has 2 aliphatic rings. The fourth-order valence-corrected chi connectivity index (χ4v) is 7.35. The maximum absolute atomic E-state index is 12.0. The van der Waals surface area contributed by atoms with Gasteiger partial charge in [-0.1, -0.05) is 42.3 Å². The highest BCUT2D eigenvalue weighted by molar-refractivity contribution is 7.12. The molecule has 1 atom stereocenters. The molecule has 0 bridgehead atoms. The highest BCUT2D eigenvalue weighted by atomic mass is 32.1. The smallest absolute Gasteiger partial charge is 0.307 e. The first kappa shape index (κ1) is 27.5. The maximum Gasteiger partial charge on any atom is 0.307 e. The molecule has 0 N–H and O–H groups in total. The van der Waals surface area contributed by atoms with Gasteiger partial charge in [-0.05, 0) is 105 Å². The summed E-state index contributed by atoms with van der Waals surface area (Å²) >= 11 is 1.87. The van der Waals surface area contributed by atoms with Crippen LogP contribution in [0.2, 0.25) is 0 Å². The van der Waals surface area contributed by atoms with Gasteiger partial charge in [-0.25, -0.2) is 0 Å². The summed E-state index contributed by atoms with van der Waals surface area (Å²) in [6.45, 7) is 10.2. The van der Waals surface area contributed by atoms with E-state index in [1.807, 2.05) is 42.5 Å². The molecule has 0 amide bonds. The molecule has 0 saturated carbocycles. The second kappa shape index (κ2) is 12.4. The minimum absolute atomic E-state index is 0.168. The maximum atomic E-state index is 12.0. The minimum Gasteiger partial charge on any atom is -0.488 e. The van der Waals surface area contributed by atoms with E-state index in [0.717, 1.165) is 17.9 Å². The number of ether oxygens (including phenoxy) is 2. The van der Waals surface area contributed by atoms with Crippen molar-refractivity contribution in [2.45, 2.75) is 77.4 Å². The number of fused-ring (bicyclic) bond motifs is 2. The van der Waals surface area contributed by atoms with Gasteiger partial charge < -0.3 is 9.47 Å². The van der Waals surface area contributed by atoms with Crippen molar-refractivity contribution in [3.05, 3.63) is 86.6 Å². The first-order valence-electron chi connectivity index (χ1n) is 14.2. The number of hydrogen-bond donors (Lipinski definition) is 0. The Morgan fingerprint density at radius 1 is 1.10 bits per heavy atom. The van der Waals surface area contributed by atoms with E-state index in [-0.39, 0.29) is 18.3 Å². The van der Waals surface area contributed by atoms with E-state index in [0.29, 0.717) is 18.6 Å². The zero-order chi connectivity index (χ0) is 27.2. The van der Waals surface area contributed by atoms with E-state index < -0.39 is 0 Å². The predicted molar refractivity (Wildman–Crippen MR) is 158 cm³/mol. The van der Waals surface area contributed by atoms with Crippen molar-refractivity contribution in [1.82, 2.24) is 4.90 Å². The summed E-state index contributed by atoms with van der Waals surface area (Å²) in [5, 5.41) is 0. The van der Waals surface area contributed by atoms with Crippen LogP contribution in [0, 0.1) is 18.8 Å². The summed E-state index contributed by atoms with van der Waals surface area (Å²) in [5.41, 5.74) is 5.97. The molecule has 0 unspecified atom stereocenters. The van der Waals surface area contributed by atoms with Crippen molar-refractivity contribution in [3.63, 3.8) is 0 Å². The molecule has 0 radical (unpaired) electrons. The van der Waals surface area contributed by atoms with Gasteiger partial charge in [0.1, 0.15) is 12.4 Å². The van der Waals surface area contributed by atoms with Gasteiger partial charge >= 0.3 is 5.97 Å². The molecule has 3 aromatic rings. The summed E-state index contributed by atoms with van der Waals surface area (Å²) in [7, 11) is 0. The second-order valence-corrected chi connectivity index (χ2v) is 12.1. The van der Waals surface area contributed by atoms with Crippen LogP contribution in [0.1, 0.15) is 77.5 Å². The number of thiophene rings is 1. The molecule has 4 nitrogen and oxygen atoms in total. The number of nitrogens with zero attached hydrogens (tertiary/aromatic N) is 1.